The molecule has 0 unspecified atom stereocenters. The molecule has 1 aliphatic rings. The van der Waals surface area contributed by atoms with E-state index >= 15 is 0 Å². The maximum Gasteiger partial charge on any atom is 0.335 e. The summed E-state index contributed by atoms with van der Waals surface area (Å²) in [6.45, 7) is 0. The zero-order chi connectivity index (χ0) is 9.26. The van der Waals surface area contributed by atoms with Crippen LogP contribution in [0.25, 0.3) is 6.08 Å². The summed E-state index contributed by atoms with van der Waals surface area (Å²) in [6, 6.07) is 5.21. The fraction of sp³-hybridized carbons (Fsp3) is 0.100. The number of thioether (sulfide) groups is 1. The van der Waals surface area contributed by atoms with Crippen LogP contribution < -0.4 is 0 Å². The summed E-state index contributed by atoms with van der Waals surface area (Å²) in [5.41, 5.74) is 1.47. The van der Waals surface area contributed by atoms with Gasteiger partial charge in [-0.1, -0.05) is 18.2 Å². The number of carbonyl (C=O) groups is 1. The summed E-state index contributed by atoms with van der Waals surface area (Å²) >= 11 is 1.67. The van der Waals surface area contributed by atoms with Gasteiger partial charge in [-0.2, -0.15) is 0 Å². The van der Waals surface area contributed by atoms with Gasteiger partial charge in [0.25, 0.3) is 0 Å². The molecule has 2 nitrogen and oxygen atoms in total. The molecule has 0 atom stereocenters. The molecule has 0 saturated heterocycles. The summed E-state index contributed by atoms with van der Waals surface area (Å²) in [7, 11) is 0. The lowest BCUT2D eigenvalue weighted by molar-refractivity contribution is 0.0696. The van der Waals surface area contributed by atoms with Gasteiger partial charge >= 0.3 is 5.97 Å². The number of hydrogen-bond acceptors (Lipinski definition) is 2. The smallest absolute Gasteiger partial charge is 0.335 e. The zero-order valence-corrected chi connectivity index (χ0v) is 8.90. The highest BCUT2D eigenvalue weighted by Crippen LogP contribution is 2.29. The first-order valence-corrected chi connectivity index (χ1v) is 4.92. The van der Waals surface area contributed by atoms with Gasteiger partial charge in [-0.3, -0.25) is 0 Å². The second-order valence-electron chi connectivity index (χ2n) is 2.77. The van der Waals surface area contributed by atoms with Crippen molar-refractivity contribution < 1.29 is 9.90 Å². The fourth-order valence-corrected chi connectivity index (χ4v) is 2.13. The van der Waals surface area contributed by atoms with Crippen molar-refractivity contribution in [1.82, 2.24) is 0 Å². The monoisotopic (exact) mass is 228 g/mol. The van der Waals surface area contributed by atoms with Crippen molar-refractivity contribution in [1.29, 1.82) is 0 Å². The Labute approximate surface area is 92.4 Å². The molecule has 0 saturated carbocycles. The molecular formula is C10H9ClO2S. The van der Waals surface area contributed by atoms with Gasteiger partial charge in [0.2, 0.25) is 0 Å². The van der Waals surface area contributed by atoms with E-state index in [0.717, 1.165) is 16.2 Å². The van der Waals surface area contributed by atoms with Crippen molar-refractivity contribution in [3.05, 3.63) is 35.4 Å². The lowest BCUT2D eigenvalue weighted by Gasteiger charge is -2.09. The van der Waals surface area contributed by atoms with Gasteiger partial charge < -0.3 is 5.11 Å². The van der Waals surface area contributed by atoms with Crippen LogP contribution in [0.4, 0.5) is 0 Å². The van der Waals surface area contributed by atoms with Crippen LogP contribution in [-0.4, -0.2) is 16.8 Å². The molecule has 1 N–H and O–H groups in total. The first kappa shape index (κ1) is 11.1. The van der Waals surface area contributed by atoms with Gasteiger partial charge in [-0.25, -0.2) is 4.79 Å². The third-order valence-corrected chi connectivity index (χ3v) is 2.92. The van der Waals surface area contributed by atoms with Crippen LogP contribution in [0.15, 0.2) is 29.2 Å². The molecule has 1 aromatic rings. The predicted octanol–water partition coefficient (Wildman–Crippen LogP) is 2.93. The van der Waals surface area contributed by atoms with Gasteiger partial charge in [-0.05, 0) is 17.7 Å². The van der Waals surface area contributed by atoms with Gasteiger partial charge in [-0.15, -0.1) is 24.2 Å². The minimum atomic E-state index is -0.863. The summed E-state index contributed by atoms with van der Waals surface area (Å²) in [4.78, 5) is 11.7. The molecule has 0 aliphatic carbocycles. The Kier molecular flexibility index (Phi) is 3.61. The molecule has 2 rings (SSSR count). The summed E-state index contributed by atoms with van der Waals surface area (Å²) in [5.74, 6) is 0.0637. The molecule has 0 amide bonds. The lowest BCUT2D eigenvalue weighted by atomic mass is 10.1. The number of carboxylic acid groups (broad SMARTS) is 1. The molecule has 1 aliphatic heterocycles. The molecule has 4 heteroatoms. The molecule has 0 fully saturated rings. The number of aromatic carboxylic acids is 1. The highest BCUT2D eigenvalue weighted by Gasteiger charge is 2.08. The van der Waals surface area contributed by atoms with Gasteiger partial charge in [0.15, 0.2) is 0 Å². The molecule has 74 valence electrons. The zero-order valence-electron chi connectivity index (χ0n) is 7.27. The van der Waals surface area contributed by atoms with Crippen LogP contribution in [0.2, 0.25) is 0 Å². The van der Waals surface area contributed by atoms with E-state index in [1.807, 2.05) is 12.1 Å². The van der Waals surface area contributed by atoms with Crippen molar-refractivity contribution in [2.24, 2.45) is 0 Å². The third-order valence-electron chi connectivity index (χ3n) is 1.89. The van der Waals surface area contributed by atoms with Gasteiger partial charge in [0, 0.05) is 10.6 Å². The minimum absolute atomic E-state index is 0. The quantitative estimate of drug-likeness (QED) is 0.803. The summed E-state index contributed by atoms with van der Waals surface area (Å²) in [6.07, 6.45) is 4.10. The van der Waals surface area contributed by atoms with E-state index in [0.29, 0.717) is 5.56 Å². The van der Waals surface area contributed by atoms with Crippen molar-refractivity contribution >= 4 is 36.2 Å². The summed E-state index contributed by atoms with van der Waals surface area (Å²) < 4.78 is 0. The Morgan fingerprint density at radius 3 is 2.93 bits per heavy atom. The molecule has 0 bridgehead atoms. The van der Waals surface area contributed by atoms with Crippen LogP contribution in [0, 0.1) is 0 Å². The maximum atomic E-state index is 10.7. The molecule has 0 aromatic heterocycles. The minimum Gasteiger partial charge on any atom is -0.478 e. The standard InChI is InChI=1S/C10H8O2S.ClH/c11-10(12)8-4-3-7-2-1-5-13-9(7)6-8;/h1-4,6H,5H2,(H,11,12);1H. The van der Waals surface area contributed by atoms with E-state index < -0.39 is 5.97 Å². The van der Waals surface area contributed by atoms with Crippen LogP contribution in [0.3, 0.4) is 0 Å². The van der Waals surface area contributed by atoms with E-state index in [1.54, 1.807) is 23.9 Å². The van der Waals surface area contributed by atoms with Crippen molar-refractivity contribution in [3.63, 3.8) is 0 Å². The lowest BCUT2D eigenvalue weighted by Crippen LogP contribution is -1.97. The van der Waals surface area contributed by atoms with Crippen LogP contribution in [0.1, 0.15) is 15.9 Å². The number of halogens is 1. The first-order valence-electron chi connectivity index (χ1n) is 3.94. The van der Waals surface area contributed by atoms with Crippen molar-refractivity contribution in [2.45, 2.75) is 4.90 Å². The van der Waals surface area contributed by atoms with Gasteiger partial charge in [0.05, 0.1) is 5.56 Å². The Hall–Kier alpha value is -0.930. The Morgan fingerprint density at radius 2 is 2.21 bits per heavy atom. The Balaban J connectivity index is 0.000000980. The Bertz CT molecular complexity index is 388. The van der Waals surface area contributed by atoms with E-state index in [1.165, 1.54) is 0 Å². The van der Waals surface area contributed by atoms with Crippen LogP contribution in [-0.2, 0) is 0 Å². The second-order valence-corrected chi connectivity index (χ2v) is 3.83. The first-order chi connectivity index (χ1) is 6.27. The van der Waals surface area contributed by atoms with E-state index in [4.69, 9.17) is 5.11 Å². The van der Waals surface area contributed by atoms with Crippen LogP contribution >= 0.6 is 24.2 Å². The SMILES string of the molecule is Cl.O=C(O)c1ccc2c(c1)SCC=C2. The number of hydrogen-bond donors (Lipinski definition) is 1. The molecule has 0 spiro atoms. The number of rotatable bonds is 1. The van der Waals surface area contributed by atoms with Crippen molar-refractivity contribution in [3.8, 4) is 0 Å². The highest BCUT2D eigenvalue weighted by molar-refractivity contribution is 7.99. The maximum absolute atomic E-state index is 10.7. The van der Waals surface area contributed by atoms with Crippen molar-refractivity contribution in [2.75, 3.05) is 5.75 Å². The number of benzene rings is 1. The van der Waals surface area contributed by atoms with Gasteiger partial charge in [0.1, 0.15) is 0 Å². The van der Waals surface area contributed by atoms with E-state index in [9.17, 15) is 4.79 Å². The second kappa shape index (κ2) is 4.53. The number of fused-ring (bicyclic) bond motifs is 1. The van der Waals surface area contributed by atoms with E-state index in [-0.39, 0.29) is 12.4 Å². The third kappa shape index (κ3) is 2.11. The molecule has 1 aromatic carbocycles. The average molecular weight is 229 g/mol. The molecule has 0 radical (unpaired) electrons. The molecule has 1 heterocycles. The Morgan fingerprint density at radius 1 is 1.43 bits per heavy atom. The fourth-order valence-electron chi connectivity index (χ4n) is 1.24. The molecule has 14 heavy (non-hydrogen) atoms. The summed E-state index contributed by atoms with van der Waals surface area (Å²) in [5, 5.41) is 8.76. The largest absolute Gasteiger partial charge is 0.478 e. The molecular weight excluding hydrogens is 220 g/mol. The van der Waals surface area contributed by atoms with E-state index in [2.05, 4.69) is 6.08 Å². The van der Waals surface area contributed by atoms with Crippen LogP contribution in [0.5, 0.6) is 0 Å². The average Bonchev–Trinajstić information content (AvgIpc) is 2.17. The normalized spacial score (nSPS) is 12.9. The topological polar surface area (TPSA) is 37.3 Å². The highest BCUT2D eigenvalue weighted by atomic mass is 35.5. The predicted molar refractivity (Wildman–Crippen MR) is 60.4 cm³/mol. The number of carboxylic acids is 1.